The molecule has 2 N–H and O–H groups in total. The second kappa shape index (κ2) is 5.24. The highest BCUT2D eigenvalue weighted by Crippen LogP contribution is 2.28. The van der Waals surface area contributed by atoms with Crippen LogP contribution >= 0.6 is 0 Å². The van der Waals surface area contributed by atoms with Gasteiger partial charge in [-0.2, -0.15) is 5.10 Å². The molecule has 1 saturated heterocycles. The lowest BCUT2D eigenvalue weighted by Gasteiger charge is -2.25. The highest BCUT2D eigenvalue weighted by Gasteiger charge is 2.47. The number of aryl methyl sites for hydroxylation is 2. The van der Waals surface area contributed by atoms with Gasteiger partial charge in [-0.3, -0.25) is 14.3 Å². The Bertz CT molecular complexity index is 540. The summed E-state index contributed by atoms with van der Waals surface area (Å²) in [5.41, 5.74) is 0.143. The van der Waals surface area contributed by atoms with E-state index in [0.717, 1.165) is 12.1 Å². The van der Waals surface area contributed by atoms with Crippen LogP contribution in [0.1, 0.15) is 30.0 Å². The molecule has 0 radical (unpaired) electrons. The molecule has 7 heteroatoms. The van der Waals surface area contributed by atoms with E-state index in [-0.39, 0.29) is 19.1 Å². The van der Waals surface area contributed by atoms with E-state index in [1.54, 1.807) is 20.0 Å². The number of amides is 1. The summed E-state index contributed by atoms with van der Waals surface area (Å²) in [6.07, 6.45) is 0.737. The molecule has 2 heterocycles. The van der Waals surface area contributed by atoms with Crippen molar-refractivity contribution in [2.24, 2.45) is 12.5 Å². The molecule has 1 aliphatic heterocycles. The van der Waals surface area contributed by atoms with Crippen LogP contribution in [-0.4, -0.2) is 46.0 Å². The first-order valence-corrected chi connectivity index (χ1v) is 6.53. The first kappa shape index (κ1) is 14.5. The molecule has 0 saturated carbocycles. The third kappa shape index (κ3) is 2.40. The summed E-state index contributed by atoms with van der Waals surface area (Å²) in [5, 5.41) is 16.2. The number of aromatic nitrogens is 2. The molecular formula is C13H19N3O4. The van der Waals surface area contributed by atoms with E-state index in [1.165, 1.54) is 4.68 Å². The molecule has 1 aliphatic rings. The highest BCUT2D eigenvalue weighted by molar-refractivity contribution is 5.93. The molecule has 7 nitrogen and oxygen atoms in total. The Morgan fingerprint density at radius 2 is 2.35 bits per heavy atom. The van der Waals surface area contributed by atoms with Crippen LogP contribution in [0.15, 0.2) is 6.07 Å². The molecular weight excluding hydrogens is 262 g/mol. The number of ether oxygens (including phenoxy) is 1. The van der Waals surface area contributed by atoms with Crippen molar-refractivity contribution in [3.8, 4) is 0 Å². The fourth-order valence-corrected chi connectivity index (χ4v) is 2.23. The van der Waals surface area contributed by atoms with Crippen molar-refractivity contribution >= 4 is 11.9 Å². The van der Waals surface area contributed by atoms with E-state index < -0.39 is 17.4 Å². The van der Waals surface area contributed by atoms with Crippen molar-refractivity contribution in [3.63, 3.8) is 0 Å². The average molecular weight is 281 g/mol. The van der Waals surface area contributed by atoms with Crippen LogP contribution in [-0.2, 0) is 23.0 Å². The summed E-state index contributed by atoms with van der Waals surface area (Å²) in [6, 6.07) is 1.16. The number of carbonyl (C=O) groups is 2. The molecule has 1 fully saturated rings. The first-order chi connectivity index (χ1) is 9.38. The minimum atomic E-state index is -1.10. The van der Waals surface area contributed by atoms with Gasteiger partial charge in [0.1, 0.15) is 11.1 Å². The molecule has 1 aromatic heterocycles. The molecule has 20 heavy (non-hydrogen) atoms. The first-order valence-electron chi connectivity index (χ1n) is 6.53. The van der Waals surface area contributed by atoms with Crippen molar-refractivity contribution in [1.29, 1.82) is 0 Å². The fourth-order valence-electron chi connectivity index (χ4n) is 2.23. The molecule has 0 aliphatic carbocycles. The van der Waals surface area contributed by atoms with Crippen molar-refractivity contribution in [3.05, 3.63) is 17.5 Å². The van der Waals surface area contributed by atoms with Crippen molar-refractivity contribution in [2.75, 3.05) is 13.2 Å². The van der Waals surface area contributed by atoms with Gasteiger partial charge >= 0.3 is 5.97 Å². The van der Waals surface area contributed by atoms with E-state index >= 15 is 0 Å². The quantitative estimate of drug-likeness (QED) is 0.822. The predicted molar refractivity (Wildman–Crippen MR) is 70.4 cm³/mol. The van der Waals surface area contributed by atoms with Gasteiger partial charge in [0.05, 0.1) is 24.9 Å². The number of nitrogens with one attached hydrogen (secondary N) is 1. The molecule has 2 rings (SSSR count). The number of carboxylic acid groups (broad SMARTS) is 1. The zero-order valence-corrected chi connectivity index (χ0v) is 11.8. The van der Waals surface area contributed by atoms with Crippen LogP contribution in [0.3, 0.4) is 0 Å². The molecule has 110 valence electrons. The molecule has 0 spiro atoms. The standard InChI is InChI=1S/C13H19N3O4/c1-4-8-5-9(16(3)15-8)11(17)14-10-6-20-7-13(10,2)12(18)19/h5,10H,4,6-7H2,1-3H3,(H,14,17)(H,18,19). The third-order valence-electron chi connectivity index (χ3n) is 3.77. The lowest BCUT2D eigenvalue weighted by Crippen LogP contribution is -2.50. The van der Waals surface area contributed by atoms with Gasteiger partial charge in [-0.1, -0.05) is 6.92 Å². The number of carbonyl (C=O) groups excluding carboxylic acids is 1. The van der Waals surface area contributed by atoms with Gasteiger partial charge < -0.3 is 15.2 Å². The largest absolute Gasteiger partial charge is 0.481 e. The lowest BCUT2D eigenvalue weighted by atomic mass is 9.85. The van der Waals surface area contributed by atoms with Crippen LogP contribution in [0, 0.1) is 5.41 Å². The van der Waals surface area contributed by atoms with Crippen LogP contribution in [0.4, 0.5) is 0 Å². The minimum absolute atomic E-state index is 0.0961. The Morgan fingerprint density at radius 1 is 1.65 bits per heavy atom. The fraction of sp³-hybridized carbons (Fsp3) is 0.615. The van der Waals surface area contributed by atoms with Crippen molar-refractivity contribution in [1.82, 2.24) is 15.1 Å². The van der Waals surface area contributed by atoms with Crippen LogP contribution in [0.25, 0.3) is 0 Å². The van der Waals surface area contributed by atoms with E-state index in [1.807, 2.05) is 6.92 Å². The Hall–Kier alpha value is -1.89. The Morgan fingerprint density at radius 3 is 2.90 bits per heavy atom. The highest BCUT2D eigenvalue weighted by atomic mass is 16.5. The Balaban J connectivity index is 2.15. The Kier molecular flexibility index (Phi) is 3.80. The molecule has 0 aromatic carbocycles. The minimum Gasteiger partial charge on any atom is -0.481 e. The van der Waals surface area contributed by atoms with Crippen LogP contribution in [0.5, 0.6) is 0 Å². The van der Waals surface area contributed by atoms with Gasteiger partial charge in [0, 0.05) is 7.05 Å². The van der Waals surface area contributed by atoms with Crippen LogP contribution < -0.4 is 5.32 Å². The Labute approximate surface area is 116 Å². The van der Waals surface area contributed by atoms with Gasteiger partial charge in [-0.05, 0) is 19.4 Å². The van der Waals surface area contributed by atoms with E-state index in [2.05, 4.69) is 10.4 Å². The molecule has 1 amide bonds. The lowest BCUT2D eigenvalue weighted by molar-refractivity contribution is -0.148. The number of hydrogen-bond donors (Lipinski definition) is 2. The summed E-state index contributed by atoms with van der Waals surface area (Å²) in [6.45, 7) is 3.83. The predicted octanol–water partition coefficient (Wildman–Crippen LogP) is 0.202. The smallest absolute Gasteiger partial charge is 0.313 e. The van der Waals surface area contributed by atoms with Gasteiger partial charge in [-0.15, -0.1) is 0 Å². The van der Waals surface area contributed by atoms with E-state index in [4.69, 9.17) is 4.74 Å². The second-order valence-corrected chi connectivity index (χ2v) is 5.26. The summed E-state index contributed by atoms with van der Waals surface area (Å²) in [4.78, 5) is 23.6. The maximum atomic E-state index is 12.2. The molecule has 0 bridgehead atoms. The maximum absolute atomic E-state index is 12.2. The van der Waals surface area contributed by atoms with E-state index in [0.29, 0.717) is 5.69 Å². The monoisotopic (exact) mass is 281 g/mol. The van der Waals surface area contributed by atoms with Gasteiger partial charge in [0.2, 0.25) is 0 Å². The van der Waals surface area contributed by atoms with Crippen molar-refractivity contribution < 1.29 is 19.4 Å². The average Bonchev–Trinajstić information content (AvgIpc) is 2.94. The summed E-state index contributed by atoms with van der Waals surface area (Å²) in [5.74, 6) is -1.30. The maximum Gasteiger partial charge on any atom is 0.313 e. The zero-order chi connectivity index (χ0) is 14.9. The molecule has 1 aromatic rings. The number of rotatable bonds is 4. The van der Waals surface area contributed by atoms with Crippen molar-refractivity contribution in [2.45, 2.75) is 26.3 Å². The summed E-state index contributed by atoms with van der Waals surface area (Å²) in [7, 11) is 1.69. The third-order valence-corrected chi connectivity index (χ3v) is 3.77. The number of nitrogens with zero attached hydrogens (tertiary/aromatic N) is 2. The van der Waals surface area contributed by atoms with Crippen LogP contribution in [0.2, 0.25) is 0 Å². The number of aliphatic carboxylic acids is 1. The SMILES string of the molecule is CCc1cc(C(=O)NC2COCC2(C)C(=O)O)n(C)n1. The second-order valence-electron chi connectivity index (χ2n) is 5.26. The number of carboxylic acids is 1. The van der Waals surface area contributed by atoms with Gasteiger partial charge in [-0.25, -0.2) is 0 Å². The summed E-state index contributed by atoms with van der Waals surface area (Å²) < 4.78 is 6.71. The normalized spacial score (nSPS) is 25.6. The van der Waals surface area contributed by atoms with Gasteiger partial charge in [0.25, 0.3) is 5.91 Å². The summed E-state index contributed by atoms with van der Waals surface area (Å²) >= 11 is 0. The topological polar surface area (TPSA) is 93.5 Å². The molecule has 2 unspecified atom stereocenters. The number of hydrogen-bond acceptors (Lipinski definition) is 4. The zero-order valence-electron chi connectivity index (χ0n) is 11.8. The van der Waals surface area contributed by atoms with Gasteiger partial charge in [0.15, 0.2) is 0 Å². The molecule has 2 atom stereocenters. The van der Waals surface area contributed by atoms with E-state index in [9.17, 15) is 14.7 Å².